The van der Waals surface area contributed by atoms with Crippen molar-refractivity contribution >= 4 is 0 Å². The molecule has 1 aromatic carbocycles. The monoisotopic (exact) mass is 282 g/mol. The van der Waals surface area contributed by atoms with Crippen molar-refractivity contribution in [2.24, 2.45) is 0 Å². The van der Waals surface area contributed by atoms with Crippen LogP contribution in [0.15, 0.2) is 36.7 Å². The van der Waals surface area contributed by atoms with Crippen LogP contribution in [0.25, 0.3) is 0 Å². The van der Waals surface area contributed by atoms with Crippen LogP contribution in [0.4, 0.5) is 0 Å². The number of methoxy groups -OCH3 is 1. The molecule has 0 fully saturated rings. The van der Waals surface area contributed by atoms with Gasteiger partial charge in [-0.25, -0.2) is 0 Å². The van der Waals surface area contributed by atoms with E-state index in [4.69, 9.17) is 4.74 Å². The van der Waals surface area contributed by atoms with Crippen molar-refractivity contribution in [1.29, 1.82) is 0 Å². The molecule has 1 aliphatic carbocycles. The van der Waals surface area contributed by atoms with Gasteiger partial charge in [-0.05, 0) is 66.6 Å². The topological polar surface area (TPSA) is 34.1 Å². The van der Waals surface area contributed by atoms with Crippen molar-refractivity contribution in [2.75, 3.05) is 7.11 Å². The van der Waals surface area contributed by atoms with Gasteiger partial charge in [0.25, 0.3) is 0 Å². The van der Waals surface area contributed by atoms with E-state index in [-0.39, 0.29) is 0 Å². The molecule has 0 aliphatic heterocycles. The summed E-state index contributed by atoms with van der Waals surface area (Å²) in [6, 6.07) is 8.95. The molecular formula is C18H22N2O. The van der Waals surface area contributed by atoms with Crippen LogP contribution in [0.3, 0.4) is 0 Å². The van der Waals surface area contributed by atoms with Gasteiger partial charge in [-0.1, -0.05) is 6.07 Å². The molecule has 3 rings (SSSR count). The lowest BCUT2D eigenvalue weighted by molar-refractivity contribution is 0.410. The second-order valence-corrected chi connectivity index (χ2v) is 5.69. The second-order valence-electron chi connectivity index (χ2n) is 5.69. The Morgan fingerprint density at radius 1 is 1.33 bits per heavy atom. The normalized spacial score (nSPS) is 17.3. The number of nitrogens with one attached hydrogen (secondary N) is 1. The zero-order valence-corrected chi connectivity index (χ0v) is 12.7. The number of hydrogen-bond donors (Lipinski definition) is 1. The summed E-state index contributed by atoms with van der Waals surface area (Å²) in [5.41, 5.74) is 5.41. The van der Waals surface area contributed by atoms with Gasteiger partial charge in [0.05, 0.1) is 7.11 Å². The predicted octanol–water partition coefficient (Wildman–Crippen LogP) is 3.57. The van der Waals surface area contributed by atoms with Crippen LogP contribution >= 0.6 is 0 Å². The van der Waals surface area contributed by atoms with Gasteiger partial charge >= 0.3 is 0 Å². The maximum Gasteiger partial charge on any atom is 0.119 e. The molecular weight excluding hydrogens is 260 g/mol. The largest absolute Gasteiger partial charge is 0.497 e. The number of hydrogen-bond acceptors (Lipinski definition) is 3. The maximum atomic E-state index is 5.33. The van der Waals surface area contributed by atoms with Crippen LogP contribution in [0, 0.1) is 6.92 Å². The van der Waals surface area contributed by atoms with Crippen LogP contribution < -0.4 is 10.1 Å². The average Bonchev–Trinajstić information content (AvgIpc) is 2.53. The summed E-state index contributed by atoms with van der Waals surface area (Å²) in [4.78, 5) is 4.22. The second kappa shape index (κ2) is 6.27. The summed E-state index contributed by atoms with van der Waals surface area (Å²) >= 11 is 0. The molecule has 1 unspecified atom stereocenters. The molecule has 3 heteroatoms. The van der Waals surface area contributed by atoms with Crippen LogP contribution in [0.5, 0.6) is 5.75 Å². The number of rotatable bonds is 4. The van der Waals surface area contributed by atoms with Crippen molar-refractivity contribution in [2.45, 2.75) is 38.8 Å². The minimum absolute atomic E-state index is 0.430. The first-order valence-corrected chi connectivity index (χ1v) is 7.57. The van der Waals surface area contributed by atoms with Crippen molar-refractivity contribution < 1.29 is 4.74 Å². The lowest BCUT2D eigenvalue weighted by Gasteiger charge is -2.27. The molecule has 1 atom stereocenters. The first-order valence-electron chi connectivity index (χ1n) is 7.57. The molecule has 0 saturated heterocycles. The Hall–Kier alpha value is -1.87. The Kier molecular flexibility index (Phi) is 4.20. The molecule has 110 valence electrons. The van der Waals surface area contributed by atoms with E-state index in [1.807, 2.05) is 12.4 Å². The fraction of sp³-hybridized carbons (Fsp3) is 0.389. The number of aryl methyl sites for hydroxylation is 2. The van der Waals surface area contributed by atoms with E-state index < -0.39 is 0 Å². The molecule has 0 amide bonds. The van der Waals surface area contributed by atoms with E-state index in [9.17, 15) is 0 Å². The Morgan fingerprint density at radius 2 is 2.24 bits per heavy atom. The number of nitrogens with zero attached hydrogens (tertiary/aromatic N) is 1. The van der Waals surface area contributed by atoms with E-state index in [1.165, 1.54) is 35.1 Å². The molecule has 0 spiro atoms. The minimum atomic E-state index is 0.430. The Morgan fingerprint density at radius 3 is 3.05 bits per heavy atom. The summed E-state index contributed by atoms with van der Waals surface area (Å²) in [6.07, 6.45) is 7.38. The summed E-state index contributed by atoms with van der Waals surface area (Å²) in [6.45, 7) is 3.01. The SMILES string of the molecule is COc1ccc2c(c1)CCCC2NCc1cnccc1C. The summed E-state index contributed by atoms with van der Waals surface area (Å²) in [5.74, 6) is 0.956. The van der Waals surface area contributed by atoms with Gasteiger partial charge in [-0.2, -0.15) is 0 Å². The van der Waals surface area contributed by atoms with Gasteiger partial charge in [0, 0.05) is 25.0 Å². The highest BCUT2D eigenvalue weighted by molar-refractivity contribution is 5.39. The molecule has 1 heterocycles. The van der Waals surface area contributed by atoms with Crippen molar-refractivity contribution in [3.8, 4) is 5.75 Å². The molecule has 0 radical (unpaired) electrons. The molecule has 21 heavy (non-hydrogen) atoms. The fourth-order valence-electron chi connectivity index (χ4n) is 3.04. The Labute approximate surface area is 126 Å². The van der Waals surface area contributed by atoms with E-state index in [2.05, 4.69) is 41.5 Å². The summed E-state index contributed by atoms with van der Waals surface area (Å²) < 4.78 is 5.33. The first-order chi connectivity index (χ1) is 10.3. The van der Waals surface area contributed by atoms with E-state index in [0.717, 1.165) is 18.7 Å². The van der Waals surface area contributed by atoms with Crippen molar-refractivity contribution in [3.05, 3.63) is 58.9 Å². The Bertz CT molecular complexity index is 624. The number of pyridine rings is 1. The predicted molar refractivity (Wildman–Crippen MR) is 84.5 cm³/mol. The van der Waals surface area contributed by atoms with Gasteiger partial charge in [0.15, 0.2) is 0 Å². The van der Waals surface area contributed by atoms with E-state index >= 15 is 0 Å². The van der Waals surface area contributed by atoms with Crippen molar-refractivity contribution in [3.63, 3.8) is 0 Å². The standard InChI is InChI=1S/C18H22N2O/c1-13-8-9-19-11-15(13)12-20-18-5-3-4-14-10-16(21-2)6-7-17(14)18/h6-11,18,20H,3-5,12H2,1-2H3. The van der Waals surface area contributed by atoms with Crippen LogP contribution in [-0.2, 0) is 13.0 Å². The molecule has 1 aromatic heterocycles. The van der Waals surface area contributed by atoms with Gasteiger partial charge in [0.1, 0.15) is 5.75 Å². The number of ether oxygens (including phenoxy) is 1. The molecule has 3 nitrogen and oxygen atoms in total. The lowest BCUT2D eigenvalue weighted by atomic mass is 9.87. The van der Waals surface area contributed by atoms with Gasteiger partial charge < -0.3 is 10.1 Å². The number of aromatic nitrogens is 1. The minimum Gasteiger partial charge on any atom is -0.497 e. The maximum absolute atomic E-state index is 5.33. The van der Waals surface area contributed by atoms with Gasteiger partial charge in [-0.3, -0.25) is 4.98 Å². The van der Waals surface area contributed by atoms with E-state index in [0.29, 0.717) is 6.04 Å². The van der Waals surface area contributed by atoms with Crippen LogP contribution in [-0.4, -0.2) is 12.1 Å². The smallest absolute Gasteiger partial charge is 0.119 e. The third-order valence-electron chi connectivity index (χ3n) is 4.35. The zero-order chi connectivity index (χ0) is 14.7. The molecule has 1 N–H and O–H groups in total. The average molecular weight is 282 g/mol. The third-order valence-corrected chi connectivity index (χ3v) is 4.35. The molecule has 1 aliphatic rings. The molecule has 0 bridgehead atoms. The number of fused-ring (bicyclic) bond motifs is 1. The zero-order valence-electron chi connectivity index (χ0n) is 12.7. The first kappa shape index (κ1) is 14.1. The number of benzene rings is 1. The fourth-order valence-corrected chi connectivity index (χ4v) is 3.04. The molecule has 0 saturated carbocycles. The quantitative estimate of drug-likeness (QED) is 0.931. The van der Waals surface area contributed by atoms with E-state index in [1.54, 1.807) is 7.11 Å². The summed E-state index contributed by atoms with van der Waals surface area (Å²) in [7, 11) is 1.73. The third kappa shape index (κ3) is 3.08. The van der Waals surface area contributed by atoms with Crippen LogP contribution in [0.2, 0.25) is 0 Å². The highest BCUT2D eigenvalue weighted by Gasteiger charge is 2.20. The molecule has 2 aromatic rings. The van der Waals surface area contributed by atoms with Gasteiger partial charge in [0.2, 0.25) is 0 Å². The van der Waals surface area contributed by atoms with Crippen molar-refractivity contribution in [1.82, 2.24) is 10.3 Å². The lowest BCUT2D eigenvalue weighted by Crippen LogP contribution is -2.25. The van der Waals surface area contributed by atoms with Gasteiger partial charge in [-0.15, -0.1) is 0 Å². The Balaban J connectivity index is 1.75. The highest BCUT2D eigenvalue weighted by atomic mass is 16.5. The van der Waals surface area contributed by atoms with Crippen LogP contribution in [0.1, 0.15) is 41.1 Å². The summed E-state index contributed by atoms with van der Waals surface area (Å²) in [5, 5.41) is 3.69. The highest BCUT2D eigenvalue weighted by Crippen LogP contribution is 2.32.